The maximum atomic E-state index is 13.5. The quantitative estimate of drug-likeness (QED) is 0.509. The van der Waals surface area contributed by atoms with Gasteiger partial charge in [-0.05, 0) is 63.4 Å². The van der Waals surface area contributed by atoms with Crippen LogP contribution in [0.5, 0.6) is 0 Å². The number of amides is 1. The molecule has 1 saturated heterocycles. The maximum Gasteiger partial charge on any atom is 0.417 e. The third-order valence-electron chi connectivity index (χ3n) is 5.39. The van der Waals surface area contributed by atoms with Crippen LogP contribution in [0.25, 0.3) is 11.1 Å². The SMILES string of the molecule is CC(C)(C)OC(=O)N1CCC[C@H]1CNS(=O)(=O)c1ccc(-c2c(Cl)cc(N)cc2C(F)(F)F)cc1. The molecule has 1 amide bonds. The number of likely N-dealkylation sites (tertiary alicyclic amines) is 1. The van der Waals surface area contributed by atoms with Crippen molar-refractivity contribution < 1.29 is 31.1 Å². The Kier molecular flexibility index (Phi) is 7.64. The van der Waals surface area contributed by atoms with Crippen LogP contribution in [0.1, 0.15) is 39.2 Å². The lowest BCUT2D eigenvalue weighted by Crippen LogP contribution is -2.45. The van der Waals surface area contributed by atoms with Gasteiger partial charge < -0.3 is 15.4 Å². The van der Waals surface area contributed by atoms with Crippen LogP contribution in [-0.2, 0) is 20.9 Å². The van der Waals surface area contributed by atoms with E-state index in [1.165, 1.54) is 35.2 Å². The Morgan fingerprint density at radius 3 is 2.40 bits per heavy atom. The zero-order valence-electron chi connectivity index (χ0n) is 19.4. The molecule has 2 aromatic carbocycles. The average molecular weight is 534 g/mol. The second kappa shape index (κ2) is 9.87. The van der Waals surface area contributed by atoms with Crippen molar-refractivity contribution in [2.24, 2.45) is 0 Å². The van der Waals surface area contributed by atoms with Crippen LogP contribution in [0.15, 0.2) is 41.3 Å². The Bertz CT molecular complexity index is 1200. The van der Waals surface area contributed by atoms with Gasteiger partial charge in [-0.25, -0.2) is 17.9 Å². The topological polar surface area (TPSA) is 102 Å². The lowest BCUT2D eigenvalue weighted by molar-refractivity contribution is -0.137. The number of rotatable bonds is 5. The van der Waals surface area contributed by atoms with Gasteiger partial charge in [0.2, 0.25) is 10.0 Å². The number of ether oxygens (including phenoxy) is 1. The number of nitrogens with one attached hydrogen (secondary N) is 1. The van der Waals surface area contributed by atoms with Gasteiger partial charge in [0.05, 0.1) is 15.5 Å². The Hall–Kier alpha value is -2.50. The van der Waals surface area contributed by atoms with E-state index in [-0.39, 0.29) is 39.3 Å². The van der Waals surface area contributed by atoms with Crippen molar-refractivity contribution >= 4 is 33.4 Å². The zero-order chi connectivity index (χ0) is 26.2. The Balaban J connectivity index is 1.77. The summed E-state index contributed by atoms with van der Waals surface area (Å²) in [6.07, 6.45) is -3.90. The smallest absolute Gasteiger partial charge is 0.417 e. The number of benzene rings is 2. The largest absolute Gasteiger partial charge is 0.444 e. The van der Waals surface area contributed by atoms with Crippen molar-refractivity contribution in [3.8, 4) is 11.1 Å². The fourth-order valence-corrected chi connectivity index (χ4v) is 5.25. The molecule has 35 heavy (non-hydrogen) atoms. The van der Waals surface area contributed by atoms with E-state index in [4.69, 9.17) is 22.1 Å². The number of nitrogens with two attached hydrogens (primary N) is 1. The Morgan fingerprint density at radius 2 is 1.83 bits per heavy atom. The summed E-state index contributed by atoms with van der Waals surface area (Å²) in [6, 6.07) is 6.52. The molecule has 1 aliphatic heterocycles. The number of hydrogen-bond donors (Lipinski definition) is 2. The highest BCUT2D eigenvalue weighted by molar-refractivity contribution is 7.89. The summed E-state index contributed by atoms with van der Waals surface area (Å²) in [6.45, 7) is 5.68. The molecule has 1 heterocycles. The van der Waals surface area contributed by atoms with Crippen LogP contribution in [-0.4, -0.2) is 44.1 Å². The predicted octanol–water partition coefficient (Wildman–Crippen LogP) is 5.29. The standard InChI is InChI=1S/C23H27ClF3N3O4S/c1-22(2,3)34-21(31)30-10-4-5-16(30)13-29-35(32,33)17-8-6-14(7-9-17)20-18(23(25,26)27)11-15(28)12-19(20)24/h6-9,11-12,16,29H,4-5,10,13,28H2,1-3H3/t16-/m0/s1. The third-order valence-corrected chi connectivity index (χ3v) is 7.12. The first kappa shape index (κ1) is 27.1. The van der Waals surface area contributed by atoms with E-state index >= 15 is 0 Å². The molecule has 0 unspecified atom stereocenters. The number of anilines is 1. The molecule has 1 atom stereocenters. The summed E-state index contributed by atoms with van der Waals surface area (Å²) in [5.41, 5.74) is 3.50. The minimum absolute atomic E-state index is 0.0225. The summed E-state index contributed by atoms with van der Waals surface area (Å²) in [7, 11) is -3.99. The summed E-state index contributed by atoms with van der Waals surface area (Å²) in [4.78, 5) is 13.8. The summed E-state index contributed by atoms with van der Waals surface area (Å²) < 4.78 is 74.1. The number of hydrogen-bond acceptors (Lipinski definition) is 5. The van der Waals surface area contributed by atoms with E-state index in [0.717, 1.165) is 6.07 Å². The fraction of sp³-hybridized carbons (Fsp3) is 0.435. The van der Waals surface area contributed by atoms with Crippen LogP contribution < -0.4 is 10.5 Å². The molecule has 0 aromatic heterocycles. The molecule has 0 saturated carbocycles. The van der Waals surface area contributed by atoms with E-state index in [1.54, 1.807) is 20.8 Å². The van der Waals surface area contributed by atoms with Crippen LogP contribution in [0.4, 0.5) is 23.7 Å². The molecule has 12 heteroatoms. The summed E-state index contributed by atoms with van der Waals surface area (Å²) in [5.74, 6) is 0. The summed E-state index contributed by atoms with van der Waals surface area (Å²) in [5, 5.41) is -0.200. The van der Waals surface area contributed by atoms with Crippen molar-refractivity contribution in [3.63, 3.8) is 0 Å². The van der Waals surface area contributed by atoms with Crippen molar-refractivity contribution in [2.75, 3.05) is 18.8 Å². The highest BCUT2D eigenvalue weighted by Crippen LogP contribution is 2.42. The van der Waals surface area contributed by atoms with Gasteiger partial charge in [-0.2, -0.15) is 13.2 Å². The van der Waals surface area contributed by atoms with Gasteiger partial charge in [0, 0.05) is 30.4 Å². The van der Waals surface area contributed by atoms with Gasteiger partial charge in [-0.1, -0.05) is 23.7 Å². The van der Waals surface area contributed by atoms with Crippen molar-refractivity contribution in [1.82, 2.24) is 9.62 Å². The molecule has 0 aliphatic carbocycles. The lowest BCUT2D eigenvalue weighted by Gasteiger charge is -2.28. The molecular formula is C23H27ClF3N3O4S. The normalized spacial score (nSPS) is 17.0. The number of carbonyl (C=O) groups is 1. The van der Waals surface area contributed by atoms with Gasteiger partial charge in [0.15, 0.2) is 0 Å². The van der Waals surface area contributed by atoms with E-state index in [9.17, 15) is 26.4 Å². The second-order valence-corrected chi connectivity index (χ2v) is 11.4. The fourth-order valence-electron chi connectivity index (χ4n) is 3.84. The molecule has 1 fully saturated rings. The Labute approximate surface area is 207 Å². The molecule has 0 radical (unpaired) electrons. The molecule has 7 nitrogen and oxygen atoms in total. The first-order chi connectivity index (χ1) is 16.1. The molecule has 2 aromatic rings. The number of sulfonamides is 1. The molecule has 3 rings (SSSR count). The first-order valence-corrected chi connectivity index (χ1v) is 12.7. The van der Waals surface area contributed by atoms with E-state index in [1.807, 2.05) is 0 Å². The van der Waals surface area contributed by atoms with Gasteiger partial charge >= 0.3 is 12.3 Å². The predicted molar refractivity (Wildman–Crippen MR) is 127 cm³/mol. The number of halogens is 4. The van der Waals surface area contributed by atoms with Gasteiger partial charge in [-0.15, -0.1) is 0 Å². The maximum absolute atomic E-state index is 13.5. The highest BCUT2D eigenvalue weighted by Gasteiger charge is 2.36. The van der Waals surface area contributed by atoms with Crippen molar-refractivity contribution in [1.29, 1.82) is 0 Å². The van der Waals surface area contributed by atoms with Gasteiger partial charge in [-0.3, -0.25) is 0 Å². The van der Waals surface area contributed by atoms with Gasteiger partial charge in [0.1, 0.15) is 5.60 Å². The molecule has 3 N–H and O–H groups in total. The van der Waals surface area contributed by atoms with E-state index < -0.39 is 33.5 Å². The van der Waals surface area contributed by atoms with Crippen molar-refractivity contribution in [2.45, 2.75) is 56.3 Å². The van der Waals surface area contributed by atoms with Crippen molar-refractivity contribution in [3.05, 3.63) is 47.0 Å². The lowest BCUT2D eigenvalue weighted by atomic mass is 9.98. The molecule has 192 valence electrons. The molecule has 1 aliphatic rings. The number of alkyl halides is 3. The summed E-state index contributed by atoms with van der Waals surface area (Å²) >= 11 is 6.05. The Morgan fingerprint density at radius 1 is 1.20 bits per heavy atom. The minimum Gasteiger partial charge on any atom is -0.444 e. The van der Waals surface area contributed by atoms with Crippen LogP contribution in [0.3, 0.4) is 0 Å². The third kappa shape index (κ3) is 6.59. The molecule has 0 spiro atoms. The number of nitrogen functional groups attached to an aromatic ring is 1. The van der Waals surface area contributed by atoms with E-state index in [0.29, 0.717) is 19.4 Å². The second-order valence-electron chi connectivity index (χ2n) is 9.27. The first-order valence-electron chi connectivity index (χ1n) is 10.8. The monoisotopic (exact) mass is 533 g/mol. The molecule has 0 bridgehead atoms. The van der Waals surface area contributed by atoms with E-state index in [2.05, 4.69) is 4.72 Å². The molecular weight excluding hydrogens is 507 g/mol. The number of carbonyl (C=O) groups excluding carboxylic acids is 1. The van der Waals surface area contributed by atoms with Crippen LogP contribution in [0, 0.1) is 0 Å². The number of nitrogens with zero attached hydrogens (tertiary/aromatic N) is 1. The van der Waals surface area contributed by atoms with Crippen LogP contribution >= 0.6 is 11.6 Å². The zero-order valence-corrected chi connectivity index (χ0v) is 21.0. The minimum atomic E-state index is -4.71. The average Bonchev–Trinajstić information content (AvgIpc) is 3.19. The van der Waals surface area contributed by atoms with Crippen LogP contribution in [0.2, 0.25) is 5.02 Å². The van der Waals surface area contributed by atoms with Gasteiger partial charge in [0.25, 0.3) is 0 Å². The highest BCUT2D eigenvalue weighted by atomic mass is 35.5.